The molecule has 1 heterocycles. The number of aromatic nitrogens is 1. The third-order valence-electron chi connectivity index (χ3n) is 6.15. The third-order valence-corrected chi connectivity index (χ3v) is 7.18. The van der Waals surface area contributed by atoms with Gasteiger partial charge in [0.2, 0.25) is 0 Å². The summed E-state index contributed by atoms with van der Waals surface area (Å²) < 4.78 is 0. The van der Waals surface area contributed by atoms with Crippen molar-refractivity contribution in [1.82, 2.24) is 10.3 Å². The van der Waals surface area contributed by atoms with E-state index in [9.17, 15) is 9.59 Å². The zero-order chi connectivity index (χ0) is 27.3. The summed E-state index contributed by atoms with van der Waals surface area (Å²) >= 11 is 7.56. The van der Waals surface area contributed by atoms with Gasteiger partial charge in [0.25, 0.3) is 5.91 Å². The van der Waals surface area contributed by atoms with Crippen LogP contribution in [0.25, 0.3) is 11.3 Å². The molecule has 3 N–H and O–H groups in total. The molecule has 3 aromatic carbocycles. The summed E-state index contributed by atoms with van der Waals surface area (Å²) in [4.78, 5) is 28.0. The molecule has 1 atom stereocenters. The molecule has 0 aliphatic heterocycles. The van der Waals surface area contributed by atoms with Gasteiger partial charge in [-0.3, -0.25) is 9.59 Å². The first-order chi connectivity index (χ1) is 18.1. The first kappa shape index (κ1) is 27.4. The molecule has 4 aromatic rings. The second-order valence-electron chi connectivity index (χ2n) is 10.0. The molecule has 1 unspecified atom stereocenters. The summed E-state index contributed by atoms with van der Waals surface area (Å²) in [5.41, 5.74) is 5.65. The Balaban J connectivity index is 1.60. The van der Waals surface area contributed by atoms with E-state index >= 15 is 0 Å². The average Bonchev–Trinajstić information content (AvgIpc) is 3.36. The van der Waals surface area contributed by atoms with E-state index in [0.29, 0.717) is 10.6 Å². The summed E-state index contributed by atoms with van der Waals surface area (Å²) in [6.07, 6.45) is -0.119. The standard InChI is InChI=1S/C30H30ClN3O3S/c1-30(2,3)23-12-8-21(9-13-23)27(20-4-6-22(7-5-20)28(37)32-17-16-26(35)36)34-29-33-25(18-38-29)19-10-14-24(31)15-11-19/h4-15,18,27H,16-17H2,1-3H3,(H,32,37)(H,33,34)(H,35,36). The largest absolute Gasteiger partial charge is 0.481 e. The molecule has 0 saturated heterocycles. The monoisotopic (exact) mass is 547 g/mol. The van der Waals surface area contributed by atoms with Crippen molar-refractivity contribution in [1.29, 1.82) is 0 Å². The number of carboxylic acid groups (broad SMARTS) is 1. The first-order valence-corrected chi connectivity index (χ1v) is 13.5. The van der Waals surface area contributed by atoms with Gasteiger partial charge in [0, 0.05) is 28.1 Å². The van der Waals surface area contributed by atoms with Crippen molar-refractivity contribution in [3.63, 3.8) is 0 Å². The van der Waals surface area contributed by atoms with Crippen molar-refractivity contribution < 1.29 is 14.7 Å². The smallest absolute Gasteiger partial charge is 0.305 e. The van der Waals surface area contributed by atoms with Gasteiger partial charge in [-0.25, -0.2) is 4.98 Å². The fraction of sp³-hybridized carbons (Fsp3) is 0.233. The normalized spacial score (nSPS) is 12.1. The molecule has 1 aromatic heterocycles. The lowest BCUT2D eigenvalue weighted by Gasteiger charge is -2.23. The molecule has 0 bridgehead atoms. The number of amides is 1. The van der Waals surface area contributed by atoms with Crippen molar-refractivity contribution in [3.8, 4) is 11.3 Å². The highest BCUT2D eigenvalue weighted by Crippen LogP contribution is 2.33. The SMILES string of the molecule is CC(C)(C)c1ccc(C(Nc2nc(-c3ccc(Cl)cc3)cs2)c2ccc(C(=O)NCCC(=O)O)cc2)cc1. The molecule has 196 valence electrons. The molecule has 4 rings (SSSR count). The van der Waals surface area contributed by atoms with Crippen LogP contribution in [0.2, 0.25) is 5.02 Å². The number of benzene rings is 3. The van der Waals surface area contributed by atoms with Crippen LogP contribution in [0.1, 0.15) is 60.3 Å². The Labute approximate surface area is 231 Å². The van der Waals surface area contributed by atoms with Crippen LogP contribution in [0.15, 0.2) is 78.2 Å². The fourth-order valence-corrected chi connectivity index (χ4v) is 4.84. The van der Waals surface area contributed by atoms with Crippen LogP contribution in [-0.4, -0.2) is 28.5 Å². The van der Waals surface area contributed by atoms with E-state index in [1.807, 2.05) is 41.8 Å². The van der Waals surface area contributed by atoms with E-state index in [2.05, 4.69) is 55.7 Å². The lowest BCUT2D eigenvalue weighted by atomic mass is 9.85. The highest BCUT2D eigenvalue weighted by atomic mass is 35.5. The van der Waals surface area contributed by atoms with Gasteiger partial charge < -0.3 is 15.7 Å². The topological polar surface area (TPSA) is 91.3 Å². The van der Waals surface area contributed by atoms with E-state index in [1.165, 1.54) is 16.9 Å². The Kier molecular flexibility index (Phi) is 8.49. The second kappa shape index (κ2) is 11.8. The van der Waals surface area contributed by atoms with E-state index in [4.69, 9.17) is 21.7 Å². The van der Waals surface area contributed by atoms with Crippen LogP contribution in [0, 0.1) is 0 Å². The van der Waals surface area contributed by atoms with Crippen molar-refractivity contribution in [3.05, 3.63) is 105 Å². The van der Waals surface area contributed by atoms with E-state index in [0.717, 1.165) is 27.5 Å². The van der Waals surface area contributed by atoms with Gasteiger partial charge in [-0.1, -0.05) is 80.9 Å². The molecule has 0 aliphatic carbocycles. The summed E-state index contributed by atoms with van der Waals surface area (Å²) in [6, 6.07) is 23.3. The molecule has 0 saturated carbocycles. The number of carboxylic acids is 1. The number of hydrogen-bond donors (Lipinski definition) is 3. The van der Waals surface area contributed by atoms with E-state index in [-0.39, 0.29) is 30.3 Å². The van der Waals surface area contributed by atoms with Gasteiger partial charge in [-0.05, 0) is 46.4 Å². The average molecular weight is 548 g/mol. The zero-order valence-corrected chi connectivity index (χ0v) is 23.1. The van der Waals surface area contributed by atoms with Gasteiger partial charge in [0.15, 0.2) is 5.13 Å². The molecule has 8 heteroatoms. The van der Waals surface area contributed by atoms with Gasteiger partial charge in [0.05, 0.1) is 18.2 Å². The van der Waals surface area contributed by atoms with Crippen molar-refractivity contribution in [2.75, 3.05) is 11.9 Å². The predicted octanol–water partition coefficient (Wildman–Crippen LogP) is 7.17. The molecule has 0 spiro atoms. The maximum Gasteiger partial charge on any atom is 0.305 e. The third kappa shape index (κ3) is 7.00. The molecular weight excluding hydrogens is 518 g/mol. The number of hydrogen-bond acceptors (Lipinski definition) is 5. The molecular formula is C30H30ClN3O3S. The van der Waals surface area contributed by atoms with Crippen molar-refractivity contribution in [2.24, 2.45) is 0 Å². The highest BCUT2D eigenvalue weighted by Gasteiger charge is 2.19. The minimum absolute atomic E-state index is 0.0416. The molecule has 0 radical (unpaired) electrons. The lowest BCUT2D eigenvalue weighted by Crippen LogP contribution is -2.26. The van der Waals surface area contributed by atoms with Gasteiger partial charge in [-0.2, -0.15) is 0 Å². The number of carbonyl (C=O) groups excluding carboxylic acids is 1. The maximum absolute atomic E-state index is 12.4. The minimum atomic E-state index is -0.951. The first-order valence-electron chi connectivity index (χ1n) is 12.3. The van der Waals surface area contributed by atoms with Crippen molar-refractivity contribution in [2.45, 2.75) is 38.6 Å². The predicted molar refractivity (Wildman–Crippen MR) is 154 cm³/mol. The molecule has 6 nitrogen and oxygen atoms in total. The summed E-state index contributed by atoms with van der Waals surface area (Å²) in [7, 11) is 0. The Morgan fingerprint density at radius 1 is 0.947 bits per heavy atom. The number of rotatable bonds is 9. The van der Waals surface area contributed by atoms with Crippen LogP contribution in [0.5, 0.6) is 0 Å². The van der Waals surface area contributed by atoms with Crippen LogP contribution >= 0.6 is 22.9 Å². The summed E-state index contributed by atoms with van der Waals surface area (Å²) in [6.45, 7) is 6.64. The number of nitrogens with one attached hydrogen (secondary N) is 2. The van der Waals surface area contributed by atoms with Gasteiger partial charge in [0.1, 0.15) is 0 Å². The van der Waals surface area contributed by atoms with Crippen molar-refractivity contribution >= 4 is 39.9 Å². The Bertz CT molecular complexity index is 1390. The lowest BCUT2D eigenvalue weighted by molar-refractivity contribution is -0.136. The zero-order valence-electron chi connectivity index (χ0n) is 21.5. The summed E-state index contributed by atoms with van der Waals surface area (Å²) in [5, 5.41) is 18.5. The molecule has 0 aliphatic rings. The number of halogens is 1. The number of anilines is 1. The minimum Gasteiger partial charge on any atom is -0.481 e. The van der Waals surface area contributed by atoms with Crippen LogP contribution in [0.3, 0.4) is 0 Å². The van der Waals surface area contributed by atoms with Gasteiger partial charge >= 0.3 is 5.97 Å². The van der Waals surface area contributed by atoms with Gasteiger partial charge in [-0.15, -0.1) is 11.3 Å². The number of thiazole rings is 1. The number of carbonyl (C=O) groups is 2. The molecule has 0 fully saturated rings. The number of aliphatic carboxylic acids is 1. The molecule has 1 amide bonds. The van der Waals surface area contributed by atoms with Crippen LogP contribution < -0.4 is 10.6 Å². The summed E-state index contributed by atoms with van der Waals surface area (Å²) in [5.74, 6) is -1.25. The Morgan fingerprint density at radius 2 is 1.55 bits per heavy atom. The fourth-order valence-electron chi connectivity index (χ4n) is 3.96. The van der Waals surface area contributed by atoms with Crippen LogP contribution in [-0.2, 0) is 10.2 Å². The van der Waals surface area contributed by atoms with E-state index in [1.54, 1.807) is 12.1 Å². The number of nitrogens with zero attached hydrogens (tertiary/aromatic N) is 1. The Morgan fingerprint density at radius 3 is 2.13 bits per heavy atom. The van der Waals surface area contributed by atoms with E-state index < -0.39 is 5.97 Å². The second-order valence-corrected chi connectivity index (χ2v) is 11.3. The highest BCUT2D eigenvalue weighted by molar-refractivity contribution is 7.14. The van der Waals surface area contributed by atoms with Crippen LogP contribution in [0.4, 0.5) is 5.13 Å². The molecule has 38 heavy (non-hydrogen) atoms. The Hall–Kier alpha value is -3.68. The quantitative estimate of drug-likeness (QED) is 0.207. The maximum atomic E-state index is 12.4.